The first-order chi connectivity index (χ1) is 14.4. The number of carbonyl (C=O) groups is 1. The van der Waals surface area contributed by atoms with Crippen molar-refractivity contribution in [2.45, 2.75) is 51.1 Å². The molecule has 0 spiro atoms. The maximum atomic E-state index is 12.9. The standard InChI is InChI=1S/C23H28N2O5S/c1-14-17-9-7-8-10-18(17)30-21(14)15(2)24-22(26)16-11-12-19(29-6)20(13-16)31(27,28)25-23(3,4)5/h7-13,15,25H,1-6H3,(H,24,26). The molecular weight excluding hydrogens is 416 g/mol. The molecule has 0 radical (unpaired) electrons. The zero-order valence-corrected chi connectivity index (χ0v) is 19.4. The van der Waals surface area contributed by atoms with E-state index in [-0.39, 0.29) is 16.2 Å². The van der Waals surface area contributed by atoms with Crippen LogP contribution in [0.2, 0.25) is 0 Å². The van der Waals surface area contributed by atoms with Crippen molar-refractivity contribution < 1.29 is 22.4 Å². The van der Waals surface area contributed by atoms with Crippen LogP contribution >= 0.6 is 0 Å². The fraction of sp³-hybridized carbons (Fsp3) is 0.348. The van der Waals surface area contributed by atoms with Crippen molar-refractivity contribution in [1.29, 1.82) is 0 Å². The lowest BCUT2D eigenvalue weighted by molar-refractivity contribution is 0.0935. The van der Waals surface area contributed by atoms with Gasteiger partial charge in [-0.15, -0.1) is 0 Å². The molecule has 1 amide bonds. The van der Waals surface area contributed by atoms with E-state index in [1.165, 1.54) is 25.3 Å². The lowest BCUT2D eigenvalue weighted by Crippen LogP contribution is -2.40. The predicted molar refractivity (Wildman–Crippen MR) is 120 cm³/mol. The van der Waals surface area contributed by atoms with Crippen LogP contribution in [0.3, 0.4) is 0 Å². The van der Waals surface area contributed by atoms with Crippen molar-refractivity contribution in [3.8, 4) is 5.75 Å². The maximum absolute atomic E-state index is 12.9. The van der Waals surface area contributed by atoms with E-state index < -0.39 is 27.5 Å². The number of aryl methyl sites for hydroxylation is 1. The number of hydrogen-bond donors (Lipinski definition) is 2. The van der Waals surface area contributed by atoms with Gasteiger partial charge in [-0.25, -0.2) is 13.1 Å². The molecule has 31 heavy (non-hydrogen) atoms. The molecule has 1 heterocycles. The first kappa shape index (κ1) is 22.8. The summed E-state index contributed by atoms with van der Waals surface area (Å²) in [7, 11) is -2.51. The van der Waals surface area contributed by atoms with Crippen LogP contribution in [-0.2, 0) is 10.0 Å². The van der Waals surface area contributed by atoms with Gasteiger partial charge in [-0.2, -0.15) is 0 Å². The van der Waals surface area contributed by atoms with Crippen LogP contribution in [-0.4, -0.2) is 27.0 Å². The third-order valence-electron chi connectivity index (χ3n) is 4.78. The van der Waals surface area contributed by atoms with E-state index in [4.69, 9.17) is 9.15 Å². The summed E-state index contributed by atoms with van der Waals surface area (Å²) in [5.41, 5.74) is 1.23. The number of furan rings is 1. The number of nitrogens with one attached hydrogen (secondary N) is 2. The molecule has 1 atom stereocenters. The van der Waals surface area contributed by atoms with E-state index in [1.807, 2.05) is 38.1 Å². The zero-order chi connectivity index (χ0) is 23.0. The minimum atomic E-state index is -3.89. The molecule has 2 N–H and O–H groups in total. The number of benzene rings is 2. The first-order valence-electron chi connectivity index (χ1n) is 9.94. The zero-order valence-electron chi connectivity index (χ0n) is 18.6. The highest BCUT2D eigenvalue weighted by Gasteiger charge is 2.27. The van der Waals surface area contributed by atoms with E-state index in [0.717, 1.165) is 16.5 Å². The number of para-hydroxylation sites is 1. The fourth-order valence-electron chi connectivity index (χ4n) is 3.44. The number of fused-ring (bicyclic) bond motifs is 1. The quantitative estimate of drug-likeness (QED) is 0.590. The molecule has 0 fully saturated rings. The van der Waals surface area contributed by atoms with Gasteiger partial charge >= 0.3 is 0 Å². The van der Waals surface area contributed by atoms with Gasteiger partial charge in [0.25, 0.3) is 5.91 Å². The molecule has 8 heteroatoms. The Morgan fingerprint density at radius 1 is 1.13 bits per heavy atom. The Bertz CT molecular complexity index is 1220. The van der Waals surface area contributed by atoms with Crippen molar-refractivity contribution in [3.05, 3.63) is 59.4 Å². The molecule has 1 unspecified atom stereocenters. The highest BCUT2D eigenvalue weighted by atomic mass is 32.2. The number of rotatable bonds is 6. The molecule has 3 aromatic rings. The second kappa shape index (κ2) is 8.36. The van der Waals surface area contributed by atoms with E-state index >= 15 is 0 Å². The molecule has 1 aromatic heterocycles. The summed E-state index contributed by atoms with van der Waals surface area (Å²) in [6.45, 7) is 8.99. The Kier molecular flexibility index (Phi) is 6.16. The lowest BCUT2D eigenvalue weighted by Gasteiger charge is -2.21. The Labute approximate surface area is 182 Å². The Morgan fingerprint density at radius 2 is 1.81 bits per heavy atom. The summed E-state index contributed by atoms with van der Waals surface area (Å²) in [4.78, 5) is 12.8. The van der Waals surface area contributed by atoms with Gasteiger partial charge < -0.3 is 14.5 Å². The number of carbonyl (C=O) groups excluding carboxylic acids is 1. The van der Waals surface area contributed by atoms with E-state index in [0.29, 0.717) is 5.76 Å². The van der Waals surface area contributed by atoms with Crippen LogP contribution in [0.5, 0.6) is 5.75 Å². The molecule has 2 aromatic carbocycles. The number of ether oxygens (including phenoxy) is 1. The molecule has 7 nitrogen and oxygen atoms in total. The van der Waals surface area contributed by atoms with E-state index in [1.54, 1.807) is 20.8 Å². The van der Waals surface area contributed by atoms with Gasteiger partial charge in [0.05, 0.1) is 13.2 Å². The SMILES string of the molecule is COc1ccc(C(=O)NC(C)c2oc3ccccc3c2C)cc1S(=O)(=O)NC(C)(C)C. The third-order valence-corrected chi connectivity index (χ3v) is 6.56. The van der Waals surface area contributed by atoms with Crippen LogP contribution in [0.25, 0.3) is 11.0 Å². The van der Waals surface area contributed by atoms with Gasteiger partial charge in [0, 0.05) is 22.1 Å². The number of hydrogen-bond acceptors (Lipinski definition) is 5. The highest BCUT2D eigenvalue weighted by molar-refractivity contribution is 7.89. The van der Waals surface area contributed by atoms with Crippen molar-refractivity contribution in [3.63, 3.8) is 0 Å². The Hall–Kier alpha value is -2.84. The Balaban J connectivity index is 1.90. The van der Waals surface area contributed by atoms with Gasteiger partial charge in [0.1, 0.15) is 22.0 Å². The smallest absolute Gasteiger partial charge is 0.251 e. The Morgan fingerprint density at radius 3 is 2.42 bits per heavy atom. The maximum Gasteiger partial charge on any atom is 0.251 e. The number of methoxy groups -OCH3 is 1. The molecule has 166 valence electrons. The third kappa shape index (κ3) is 4.91. The van der Waals surface area contributed by atoms with Crippen molar-refractivity contribution in [1.82, 2.24) is 10.0 Å². The number of amides is 1. The van der Waals surface area contributed by atoms with Crippen LogP contribution in [0.15, 0.2) is 51.8 Å². The normalized spacial score (nSPS) is 13.2. The average molecular weight is 445 g/mol. The van der Waals surface area contributed by atoms with E-state index in [9.17, 15) is 13.2 Å². The molecular formula is C23H28N2O5S. The second-order valence-electron chi connectivity index (χ2n) is 8.50. The summed E-state index contributed by atoms with van der Waals surface area (Å²) in [5.74, 6) is 0.405. The lowest BCUT2D eigenvalue weighted by atomic mass is 10.1. The summed E-state index contributed by atoms with van der Waals surface area (Å²) < 4.78 is 39.4. The topological polar surface area (TPSA) is 97.6 Å². The van der Waals surface area contributed by atoms with Crippen LogP contribution in [0, 0.1) is 6.92 Å². The molecule has 3 rings (SSSR count). The summed E-state index contributed by atoms with van der Waals surface area (Å²) in [6, 6.07) is 11.6. The number of sulfonamides is 1. The molecule has 0 aliphatic carbocycles. The van der Waals surface area contributed by atoms with E-state index in [2.05, 4.69) is 10.0 Å². The van der Waals surface area contributed by atoms with Gasteiger partial charge in [0.15, 0.2) is 0 Å². The van der Waals surface area contributed by atoms with Crippen molar-refractivity contribution in [2.24, 2.45) is 0 Å². The largest absolute Gasteiger partial charge is 0.495 e. The second-order valence-corrected chi connectivity index (χ2v) is 10.2. The summed E-state index contributed by atoms with van der Waals surface area (Å²) in [5, 5.41) is 3.88. The molecule has 0 saturated heterocycles. The predicted octanol–water partition coefficient (Wildman–Crippen LogP) is 4.32. The summed E-state index contributed by atoms with van der Waals surface area (Å²) in [6.07, 6.45) is 0. The molecule has 0 bridgehead atoms. The minimum absolute atomic E-state index is 0.0925. The van der Waals surface area contributed by atoms with Crippen LogP contribution in [0.4, 0.5) is 0 Å². The molecule has 0 aliphatic heterocycles. The van der Waals surface area contributed by atoms with Crippen LogP contribution in [0.1, 0.15) is 55.4 Å². The van der Waals surface area contributed by atoms with Gasteiger partial charge in [-0.05, 0) is 58.9 Å². The average Bonchev–Trinajstić information content (AvgIpc) is 3.02. The van der Waals surface area contributed by atoms with Gasteiger partial charge in [-0.1, -0.05) is 18.2 Å². The minimum Gasteiger partial charge on any atom is -0.495 e. The fourth-order valence-corrected chi connectivity index (χ4v) is 5.05. The van der Waals surface area contributed by atoms with Gasteiger partial charge in [-0.3, -0.25) is 4.79 Å². The van der Waals surface area contributed by atoms with Crippen molar-refractivity contribution in [2.75, 3.05) is 7.11 Å². The first-order valence-corrected chi connectivity index (χ1v) is 11.4. The molecule has 0 saturated carbocycles. The molecule has 0 aliphatic rings. The monoisotopic (exact) mass is 444 g/mol. The highest BCUT2D eigenvalue weighted by Crippen LogP contribution is 2.30. The van der Waals surface area contributed by atoms with Crippen LogP contribution < -0.4 is 14.8 Å². The van der Waals surface area contributed by atoms with Gasteiger partial charge in [0.2, 0.25) is 10.0 Å². The van der Waals surface area contributed by atoms with Crippen molar-refractivity contribution >= 4 is 26.9 Å². The summed E-state index contributed by atoms with van der Waals surface area (Å²) >= 11 is 0.